The monoisotopic (exact) mass is 286 g/mol. The lowest BCUT2D eigenvalue weighted by atomic mass is 9.95. The highest BCUT2D eigenvalue weighted by atomic mass is 15.2. The number of para-hydroxylation sites is 1. The Bertz CT molecular complexity index is 437. The summed E-state index contributed by atoms with van der Waals surface area (Å²) in [5.74, 6) is 0.948. The maximum absolute atomic E-state index is 3.57. The highest BCUT2D eigenvalue weighted by molar-refractivity contribution is 5.55. The van der Waals surface area contributed by atoms with Gasteiger partial charge in [0.2, 0.25) is 0 Å². The SMILES string of the molecule is CCCNCc1ccccc1N1CCCC1C1CCCC1. The van der Waals surface area contributed by atoms with Crippen LogP contribution in [0.15, 0.2) is 24.3 Å². The predicted octanol–water partition coefficient (Wildman–Crippen LogP) is 4.35. The summed E-state index contributed by atoms with van der Waals surface area (Å²) in [6.45, 7) is 5.61. The number of rotatable bonds is 6. The van der Waals surface area contributed by atoms with Crippen LogP contribution in [0.25, 0.3) is 0 Å². The van der Waals surface area contributed by atoms with Crippen molar-refractivity contribution in [2.45, 2.75) is 64.5 Å². The molecule has 0 spiro atoms. The molecule has 0 radical (unpaired) electrons. The molecule has 1 saturated heterocycles. The fourth-order valence-corrected chi connectivity index (χ4v) is 4.26. The van der Waals surface area contributed by atoms with Crippen molar-refractivity contribution < 1.29 is 0 Å². The first-order chi connectivity index (χ1) is 10.4. The predicted molar refractivity (Wildman–Crippen MR) is 90.8 cm³/mol. The standard InChI is InChI=1S/C19H30N2/c1-2-13-20-15-17-10-5-6-11-19(17)21-14-7-12-18(21)16-8-3-4-9-16/h5-6,10-11,16,18,20H,2-4,7-9,12-15H2,1H3. The summed E-state index contributed by atoms with van der Waals surface area (Å²) < 4.78 is 0. The van der Waals surface area contributed by atoms with E-state index in [-0.39, 0.29) is 0 Å². The summed E-state index contributed by atoms with van der Waals surface area (Å²) in [5, 5.41) is 3.57. The Kier molecular flexibility index (Phi) is 5.18. The largest absolute Gasteiger partial charge is 0.368 e. The fraction of sp³-hybridized carbons (Fsp3) is 0.684. The first kappa shape index (κ1) is 14.9. The molecule has 2 nitrogen and oxygen atoms in total. The van der Waals surface area contributed by atoms with Crippen LogP contribution in [0.4, 0.5) is 5.69 Å². The van der Waals surface area contributed by atoms with Crippen LogP contribution in [0.5, 0.6) is 0 Å². The number of nitrogens with one attached hydrogen (secondary N) is 1. The van der Waals surface area contributed by atoms with Crippen LogP contribution in [-0.4, -0.2) is 19.1 Å². The average molecular weight is 286 g/mol. The first-order valence-electron chi connectivity index (χ1n) is 8.95. The van der Waals surface area contributed by atoms with Crippen LogP contribution >= 0.6 is 0 Å². The van der Waals surface area contributed by atoms with Crippen LogP contribution < -0.4 is 10.2 Å². The van der Waals surface area contributed by atoms with Gasteiger partial charge in [-0.2, -0.15) is 0 Å². The molecular weight excluding hydrogens is 256 g/mol. The molecule has 2 heteroatoms. The van der Waals surface area contributed by atoms with Crippen LogP contribution in [0, 0.1) is 5.92 Å². The number of hydrogen-bond acceptors (Lipinski definition) is 2. The van der Waals surface area contributed by atoms with Gasteiger partial charge in [-0.3, -0.25) is 0 Å². The topological polar surface area (TPSA) is 15.3 Å². The molecule has 1 heterocycles. The average Bonchev–Trinajstić information content (AvgIpc) is 3.19. The maximum Gasteiger partial charge on any atom is 0.0414 e. The molecule has 1 unspecified atom stereocenters. The molecule has 1 aromatic rings. The summed E-state index contributed by atoms with van der Waals surface area (Å²) in [6, 6.07) is 9.86. The third-order valence-corrected chi connectivity index (χ3v) is 5.29. The van der Waals surface area contributed by atoms with E-state index >= 15 is 0 Å². The highest BCUT2D eigenvalue weighted by Gasteiger charge is 2.33. The Labute approximate surface area is 129 Å². The molecule has 0 aromatic heterocycles. The first-order valence-corrected chi connectivity index (χ1v) is 8.95. The Hall–Kier alpha value is -1.02. The second-order valence-corrected chi connectivity index (χ2v) is 6.75. The quantitative estimate of drug-likeness (QED) is 0.782. The van der Waals surface area contributed by atoms with Crippen LogP contribution in [-0.2, 0) is 6.54 Å². The molecule has 2 fully saturated rings. The molecule has 1 atom stereocenters. The summed E-state index contributed by atoms with van der Waals surface area (Å²) in [7, 11) is 0. The lowest BCUT2D eigenvalue weighted by Crippen LogP contribution is -2.35. The molecule has 0 bridgehead atoms. The van der Waals surface area contributed by atoms with Gasteiger partial charge >= 0.3 is 0 Å². The van der Waals surface area contributed by atoms with Crippen molar-refractivity contribution >= 4 is 5.69 Å². The van der Waals surface area contributed by atoms with E-state index < -0.39 is 0 Å². The van der Waals surface area contributed by atoms with Crippen molar-refractivity contribution in [1.82, 2.24) is 5.32 Å². The minimum Gasteiger partial charge on any atom is -0.368 e. The fourth-order valence-electron chi connectivity index (χ4n) is 4.26. The minimum absolute atomic E-state index is 0.805. The van der Waals surface area contributed by atoms with E-state index in [0.717, 1.165) is 25.0 Å². The summed E-state index contributed by atoms with van der Waals surface area (Å²) in [5.41, 5.74) is 2.98. The second kappa shape index (κ2) is 7.31. The van der Waals surface area contributed by atoms with Crippen LogP contribution in [0.3, 0.4) is 0 Å². The number of hydrogen-bond donors (Lipinski definition) is 1. The van der Waals surface area contributed by atoms with E-state index in [9.17, 15) is 0 Å². The van der Waals surface area contributed by atoms with Gasteiger partial charge < -0.3 is 10.2 Å². The van der Waals surface area contributed by atoms with E-state index in [0.29, 0.717) is 0 Å². The van der Waals surface area contributed by atoms with Gasteiger partial charge in [-0.05, 0) is 56.2 Å². The summed E-state index contributed by atoms with van der Waals surface area (Å²) in [6.07, 6.45) is 9.80. The van der Waals surface area contributed by atoms with Gasteiger partial charge in [-0.25, -0.2) is 0 Å². The van der Waals surface area contributed by atoms with E-state index in [1.807, 2.05) is 0 Å². The van der Waals surface area contributed by atoms with Gasteiger partial charge in [-0.15, -0.1) is 0 Å². The van der Waals surface area contributed by atoms with Gasteiger partial charge in [0.05, 0.1) is 0 Å². The molecule has 21 heavy (non-hydrogen) atoms. The molecular formula is C19H30N2. The van der Waals surface area contributed by atoms with Gasteiger partial charge in [0.15, 0.2) is 0 Å². The van der Waals surface area contributed by atoms with Crippen LogP contribution in [0.1, 0.15) is 57.4 Å². The van der Waals surface area contributed by atoms with E-state index in [1.165, 1.54) is 62.7 Å². The zero-order valence-electron chi connectivity index (χ0n) is 13.5. The van der Waals surface area contributed by atoms with Crippen molar-refractivity contribution in [2.75, 3.05) is 18.0 Å². The van der Waals surface area contributed by atoms with Crippen molar-refractivity contribution in [2.24, 2.45) is 5.92 Å². The molecule has 1 saturated carbocycles. The second-order valence-electron chi connectivity index (χ2n) is 6.75. The van der Waals surface area contributed by atoms with Gasteiger partial charge in [0.25, 0.3) is 0 Å². The molecule has 1 aliphatic heterocycles. The molecule has 1 aliphatic carbocycles. The Morgan fingerprint density at radius 2 is 1.90 bits per heavy atom. The lowest BCUT2D eigenvalue weighted by Gasteiger charge is -2.33. The molecule has 2 aliphatic rings. The zero-order chi connectivity index (χ0) is 14.5. The molecule has 1 N–H and O–H groups in total. The lowest BCUT2D eigenvalue weighted by molar-refractivity contribution is 0.430. The third-order valence-electron chi connectivity index (χ3n) is 5.29. The molecule has 1 aromatic carbocycles. The van der Waals surface area contributed by atoms with Gasteiger partial charge in [-0.1, -0.05) is 38.0 Å². The van der Waals surface area contributed by atoms with Crippen molar-refractivity contribution in [3.05, 3.63) is 29.8 Å². The molecule has 3 rings (SSSR count). The number of benzene rings is 1. The summed E-state index contributed by atoms with van der Waals surface area (Å²) in [4.78, 5) is 2.74. The summed E-state index contributed by atoms with van der Waals surface area (Å²) >= 11 is 0. The number of nitrogens with zero attached hydrogens (tertiary/aromatic N) is 1. The smallest absolute Gasteiger partial charge is 0.0414 e. The van der Waals surface area contributed by atoms with E-state index in [4.69, 9.17) is 0 Å². The van der Waals surface area contributed by atoms with Crippen molar-refractivity contribution in [1.29, 1.82) is 0 Å². The van der Waals surface area contributed by atoms with Crippen LogP contribution in [0.2, 0.25) is 0 Å². The third kappa shape index (κ3) is 3.42. The number of anilines is 1. The van der Waals surface area contributed by atoms with Crippen molar-refractivity contribution in [3.63, 3.8) is 0 Å². The maximum atomic E-state index is 3.57. The Balaban J connectivity index is 1.75. The van der Waals surface area contributed by atoms with Gasteiger partial charge in [0.1, 0.15) is 0 Å². The highest BCUT2D eigenvalue weighted by Crippen LogP contribution is 2.38. The molecule has 0 amide bonds. The van der Waals surface area contributed by atoms with Gasteiger partial charge in [0, 0.05) is 24.8 Å². The van der Waals surface area contributed by atoms with E-state index in [1.54, 1.807) is 0 Å². The van der Waals surface area contributed by atoms with E-state index in [2.05, 4.69) is 41.4 Å². The normalized spacial score (nSPS) is 23.1. The Morgan fingerprint density at radius 1 is 1.10 bits per heavy atom. The zero-order valence-corrected chi connectivity index (χ0v) is 13.5. The minimum atomic E-state index is 0.805. The Morgan fingerprint density at radius 3 is 2.71 bits per heavy atom. The molecule has 116 valence electrons. The van der Waals surface area contributed by atoms with Crippen molar-refractivity contribution in [3.8, 4) is 0 Å².